The van der Waals surface area contributed by atoms with Crippen molar-refractivity contribution in [3.63, 3.8) is 0 Å². The zero-order valence-corrected chi connectivity index (χ0v) is 10.3. The fourth-order valence-electron chi connectivity index (χ4n) is 2.18. The van der Waals surface area contributed by atoms with Gasteiger partial charge in [-0.1, -0.05) is 0 Å². The first kappa shape index (κ1) is 10.9. The molecule has 0 bridgehead atoms. The van der Waals surface area contributed by atoms with E-state index in [9.17, 15) is 4.79 Å². The third-order valence-electron chi connectivity index (χ3n) is 3.16. The predicted molar refractivity (Wildman–Crippen MR) is 74.6 cm³/mol. The highest BCUT2D eigenvalue weighted by atomic mass is 16.3. The molecule has 6 nitrogen and oxygen atoms in total. The summed E-state index contributed by atoms with van der Waals surface area (Å²) in [6.45, 7) is 0. The van der Waals surface area contributed by atoms with Crippen molar-refractivity contribution in [2.24, 2.45) is 0 Å². The van der Waals surface area contributed by atoms with Gasteiger partial charge in [0.15, 0.2) is 5.58 Å². The number of aromatic amines is 2. The van der Waals surface area contributed by atoms with Crippen molar-refractivity contribution in [3.8, 4) is 0 Å². The second-order valence-corrected chi connectivity index (χ2v) is 4.47. The van der Waals surface area contributed by atoms with E-state index in [0.29, 0.717) is 17.0 Å². The van der Waals surface area contributed by atoms with Crippen molar-refractivity contribution in [1.82, 2.24) is 15.0 Å². The second-order valence-electron chi connectivity index (χ2n) is 4.47. The fourth-order valence-corrected chi connectivity index (χ4v) is 2.18. The van der Waals surface area contributed by atoms with E-state index in [2.05, 4.69) is 20.3 Å². The highest BCUT2D eigenvalue weighted by molar-refractivity contribution is 6.05. The van der Waals surface area contributed by atoms with Gasteiger partial charge < -0.3 is 19.7 Å². The highest BCUT2D eigenvalue weighted by Gasteiger charge is 2.11. The maximum Gasteiger partial charge on any atom is 0.272 e. The van der Waals surface area contributed by atoms with Crippen LogP contribution in [0.25, 0.3) is 22.1 Å². The number of nitrogens with one attached hydrogen (secondary N) is 3. The molecule has 20 heavy (non-hydrogen) atoms. The van der Waals surface area contributed by atoms with Gasteiger partial charge >= 0.3 is 0 Å². The summed E-state index contributed by atoms with van der Waals surface area (Å²) in [5.74, 6) is -0.213. The van der Waals surface area contributed by atoms with Gasteiger partial charge in [0.25, 0.3) is 5.91 Å². The Hall–Kier alpha value is -3.02. The van der Waals surface area contributed by atoms with Crippen LogP contribution in [-0.4, -0.2) is 20.9 Å². The average Bonchev–Trinajstić information content (AvgIpc) is 3.12. The Morgan fingerprint density at radius 3 is 3.05 bits per heavy atom. The maximum atomic E-state index is 12.1. The molecule has 0 aliphatic rings. The first-order valence-electron chi connectivity index (χ1n) is 6.10. The standard InChI is InChI=1S/C14H10N4O2/c19-14(12-6-13-10(18-12)3-4-20-13)17-8-1-2-9-11(5-8)16-7-15-9/h1-7,18H,(H,15,16)(H,17,19). The number of fused-ring (bicyclic) bond motifs is 2. The number of carbonyl (C=O) groups excluding carboxylic acids is 1. The first-order chi connectivity index (χ1) is 9.79. The molecule has 0 fully saturated rings. The number of aromatic nitrogens is 3. The Labute approximate surface area is 112 Å². The van der Waals surface area contributed by atoms with E-state index < -0.39 is 0 Å². The molecule has 0 aliphatic carbocycles. The molecule has 4 aromatic rings. The Morgan fingerprint density at radius 1 is 1.20 bits per heavy atom. The molecule has 0 radical (unpaired) electrons. The predicted octanol–water partition coefficient (Wildman–Crippen LogP) is 2.89. The number of benzene rings is 1. The molecule has 6 heteroatoms. The summed E-state index contributed by atoms with van der Waals surface area (Å²) in [5.41, 5.74) is 4.38. The van der Waals surface area contributed by atoms with Gasteiger partial charge in [0.05, 0.1) is 29.1 Å². The topological polar surface area (TPSA) is 86.7 Å². The summed E-state index contributed by atoms with van der Waals surface area (Å²) in [7, 11) is 0. The number of nitrogens with zero attached hydrogens (tertiary/aromatic N) is 1. The lowest BCUT2D eigenvalue weighted by Gasteiger charge is -2.03. The van der Waals surface area contributed by atoms with E-state index in [-0.39, 0.29) is 5.91 Å². The van der Waals surface area contributed by atoms with Gasteiger partial charge in [-0.3, -0.25) is 4.79 Å². The number of hydrogen-bond donors (Lipinski definition) is 3. The molecule has 3 heterocycles. The average molecular weight is 266 g/mol. The minimum atomic E-state index is -0.213. The lowest BCUT2D eigenvalue weighted by atomic mass is 10.2. The van der Waals surface area contributed by atoms with Crippen LogP contribution < -0.4 is 5.32 Å². The monoisotopic (exact) mass is 266 g/mol. The third kappa shape index (κ3) is 1.66. The largest absolute Gasteiger partial charge is 0.463 e. The molecule has 3 N–H and O–H groups in total. The SMILES string of the molecule is O=C(Nc1ccc2nc[nH]c2c1)c1cc2occc2[nH]1. The van der Waals surface area contributed by atoms with Crippen LogP contribution >= 0.6 is 0 Å². The van der Waals surface area contributed by atoms with Crippen molar-refractivity contribution in [2.45, 2.75) is 0 Å². The summed E-state index contributed by atoms with van der Waals surface area (Å²) < 4.78 is 5.22. The van der Waals surface area contributed by atoms with Gasteiger partial charge in [-0.25, -0.2) is 4.98 Å². The summed E-state index contributed by atoms with van der Waals surface area (Å²) >= 11 is 0. The molecule has 0 spiro atoms. The summed E-state index contributed by atoms with van der Waals surface area (Å²) in [5, 5.41) is 2.83. The molecule has 3 aromatic heterocycles. The summed E-state index contributed by atoms with van der Waals surface area (Å²) in [6, 6.07) is 8.96. The van der Waals surface area contributed by atoms with Crippen LogP contribution in [0.1, 0.15) is 10.5 Å². The smallest absolute Gasteiger partial charge is 0.272 e. The quantitative estimate of drug-likeness (QED) is 0.521. The highest BCUT2D eigenvalue weighted by Crippen LogP contribution is 2.19. The maximum absolute atomic E-state index is 12.1. The van der Waals surface area contributed by atoms with Gasteiger partial charge in [0, 0.05) is 17.8 Å². The van der Waals surface area contributed by atoms with E-state index in [0.717, 1.165) is 16.6 Å². The van der Waals surface area contributed by atoms with E-state index in [4.69, 9.17) is 4.42 Å². The number of imidazole rings is 1. The minimum Gasteiger partial charge on any atom is -0.463 e. The fraction of sp³-hybridized carbons (Fsp3) is 0. The van der Waals surface area contributed by atoms with Crippen LogP contribution in [-0.2, 0) is 0 Å². The van der Waals surface area contributed by atoms with Crippen molar-refractivity contribution < 1.29 is 9.21 Å². The molecular formula is C14H10N4O2. The molecule has 4 rings (SSSR count). The minimum absolute atomic E-state index is 0.213. The number of carbonyl (C=O) groups is 1. The van der Waals surface area contributed by atoms with Crippen LogP contribution in [0.4, 0.5) is 5.69 Å². The Balaban J connectivity index is 1.63. The van der Waals surface area contributed by atoms with E-state index in [1.54, 1.807) is 24.7 Å². The third-order valence-corrected chi connectivity index (χ3v) is 3.16. The van der Waals surface area contributed by atoms with Crippen LogP contribution in [0.2, 0.25) is 0 Å². The second kappa shape index (κ2) is 3.99. The van der Waals surface area contributed by atoms with Crippen molar-refractivity contribution in [3.05, 3.63) is 48.6 Å². The van der Waals surface area contributed by atoms with Gasteiger partial charge in [0.2, 0.25) is 0 Å². The van der Waals surface area contributed by atoms with Gasteiger partial charge in [-0.15, -0.1) is 0 Å². The van der Waals surface area contributed by atoms with Gasteiger partial charge in [-0.05, 0) is 18.2 Å². The van der Waals surface area contributed by atoms with Crippen LogP contribution in [0.5, 0.6) is 0 Å². The molecule has 98 valence electrons. The van der Waals surface area contributed by atoms with Gasteiger partial charge in [-0.2, -0.15) is 0 Å². The van der Waals surface area contributed by atoms with Gasteiger partial charge in [0.1, 0.15) is 5.69 Å². The van der Waals surface area contributed by atoms with Crippen LogP contribution in [0.15, 0.2) is 47.3 Å². The molecule has 0 saturated heterocycles. The number of hydrogen-bond acceptors (Lipinski definition) is 3. The number of H-pyrrole nitrogens is 2. The number of anilines is 1. The zero-order chi connectivity index (χ0) is 13.5. The lowest BCUT2D eigenvalue weighted by molar-refractivity contribution is 0.102. The summed E-state index contributed by atoms with van der Waals surface area (Å²) in [6.07, 6.45) is 3.20. The van der Waals surface area contributed by atoms with E-state index >= 15 is 0 Å². The lowest BCUT2D eigenvalue weighted by Crippen LogP contribution is -2.12. The molecule has 0 aliphatic heterocycles. The van der Waals surface area contributed by atoms with E-state index in [1.807, 2.05) is 18.2 Å². The van der Waals surface area contributed by atoms with Crippen LogP contribution in [0, 0.1) is 0 Å². The zero-order valence-electron chi connectivity index (χ0n) is 10.3. The molecule has 0 atom stereocenters. The Bertz CT molecular complexity index is 887. The molecule has 1 aromatic carbocycles. The molecule has 1 amide bonds. The van der Waals surface area contributed by atoms with Crippen molar-refractivity contribution in [1.29, 1.82) is 0 Å². The number of amides is 1. The Kier molecular flexibility index (Phi) is 2.17. The van der Waals surface area contributed by atoms with Crippen LogP contribution in [0.3, 0.4) is 0 Å². The Morgan fingerprint density at radius 2 is 2.15 bits per heavy atom. The molecular weight excluding hydrogens is 256 g/mol. The van der Waals surface area contributed by atoms with Crippen molar-refractivity contribution >= 4 is 33.7 Å². The molecule has 0 saturated carbocycles. The number of rotatable bonds is 2. The normalized spacial score (nSPS) is 11.2. The first-order valence-corrected chi connectivity index (χ1v) is 6.10. The molecule has 0 unspecified atom stereocenters. The van der Waals surface area contributed by atoms with E-state index in [1.165, 1.54) is 0 Å². The number of furan rings is 1. The summed E-state index contributed by atoms with van der Waals surface area (Å²) in [4.78, 5) is 22.3. The van der Waals surface area contributed by atoms with Crippen molar-refractivity contribution in [2.75, 3.05) is 5.32 Å².